The molecule has 2 rings (SSSR count). The summed E-state index contributed by atoms with van der Waals surface area (Å²) in [5.41, 5.74) is 2.24. The Morgan fingerprint density at radius 3 is 2.34 bits per heavy atom. The summed E-state index contributed by atoms with van der Waals surface area (Å²) in [7, 11) is -3.77. The molecular weight excluding hydrogens is 466 g/mol. The monoisotopic (exact) mass is 503 g/mol. The lowest BCUT2D eigenvalue weighted by molar-refractivity contribution is -0.139. The van der Waals surface area contributed by atoms with Gasteiger partial charge in [-0.15, -0.1) is 0 Å². The number of hydrogen-bond acceptors (Lipinski definition) is 5. The third-order valence-corrected chi connectivity index (χ3v) is 6.69. The average Bonchev–Trinajstić information content (AvgIpc) is 2.80. The zero-order valence-corrected chi connectivity index (χ0v) is 22.1. The third-order valence-electron chi connectivity index (χ3n) is 5.55. The van der Waals surface area contributed by atoms with Crippen LogP contribution in [0.1, 0.15) is 44.7 Å². The van der Waals surface area contributed by atoms with Crippen molar-refractivity contribution in [1.29, 1.82) is 0 Å². The number of nitrogens with one attached hydrogen (secondary N) is 1. The van der Waals surface area contributed by atoms with E-state index in [9.17, 15) is 18.0 Å². The highest BCUT2D eigenvalue weighted by Crippen LogP contribution is 2.22. The second-order valence-electron chi connectivity index (χ2n) is 8.53. The lowest BCUT2D eigenvalue weighted by Gasteiger charge is -2.31. The maximum atomic E-state index is 13.5. The van der Waals surface area contributed by atoms with Crippen molar-refractivity contribution in [2.75, 3.05) is 30.3 Å². The summed E-state index contributed by atoms with van der Waals surface area (Å²) < 4.78 is 31.7. The second kappa shape index (κ2) is 13.1. The first-order chi connectivity index (χ1) is 16.6. The molecule has 0 spiro atoms. The van der Waals surface area contributed by atoms with Gasteiger partial charge in [0.1, 0.15) is 18.3 Å². The van der Waals surface area contributed by atoms with Gasteiger partial charge in [-0.2, -0.15) is 0 Å². The molecule has 1 N–H and O–H groups in total. The molecule has 0 bridgehead atoms. The maximum absolute atomic E-state index is 13.5. The Balaban J connectivity index is 2.33. The van der Waals surface area contributed by atoms with Gasteiger partial charge in [-0.1, -0.05) is 43.2 Å². The highest BCUT2D eigenvalue weighted by molar-refractivity contribution is 7.92. The molecule has 0 aromatic heterocycles. The molecule has 0 unspecified atom stereocenters. The van der Waals surface area contributed by atoms with Crippen LogP contribution in [0.5, 0.6) is 5.75 Å². The normalized spacial score (nSPS) is 12.0. The number of carbonyl (C=O) groups is 2. The molecule has 2 aromatic carbocycles. The third kappa shape index (κ3) is 8.58. The molecule has 9 heteroatoms. The number of ether oxygens (including phenoxy) is 1. The van der Waals surface area contributed by atoms with Gasteiger partial charge in [0.15, 0.2) is 0 Å². The minimum Gasteiger partial charge on any atom is -0.494 e. The topological polar surface area (TPSA) is 96.0 Å². The van der Waals surface area contributed by atoms with Crippen LogP contribution in [0.15, 0.2) is 48.5 Å². The Morgan fingerprint density at radius 1 is 1.09 bits per heavy atom. The van der Waals surface area contributed by atoms with E-state index in [-0.39, 0.29) is 12.5 Å². The first-order valence-electron chi connectivity index (χ1n) is 11.9. The van der Waals surface area contributed by atoms with Crippen molar-refractivity contribution < 1.29 is 22.7 Å². The number of carbonyl (C=O) groups excluding carboxylic acids is 2. The van der Waals surface area contributed by atoms with E-state index in [1.54, 1.807) is 31.2 Å². The quantitative estimate of drug-likeness (QED) is 0.422. The summed E-state index contributed by atoms with van der Waals surface area (Å²) in [5.74, 6) is -0.134. The van der Waals surface area contributed by atoms with Crippen molar-refractivity contribution in [1.82, 2.24) is 10.2 Å². The Morgan fingerprint density at radius 2 is 1.77 bits per heavy atom. The second-order valence-corrected chi connectivity index (χ2v) is 10.4. The van der Waals surface area contributed by atoms with Crippen LogP contribution in [0.25, 0.3) is 0 Å². The summed E-state index contributed by atoms with van der Waals surface area (Å²) >= 11 is 0. The van der Waals surface area contributed by atoms with Crippen molar-refractivity contribution in [3.05, 3.63) is 59.7 Å². The number of sulfonamides is 1. The zero-order valence-electron chi connectivity index (χ0n) is 21.3. The fraction of sp³-hybridized carbons (Fsp3) is 0.462. The van der Waals surface area contributed by atoms with Crippen LogP contribution in [0.3, 0.4) is 0 Å². The molecule has 0 aliphatic rings. The van der Waals surface area contributed by atoms with Crippen molar-refractivity contribution in [3.8, 4) is 5.75 Å². The number of rotatable bonds is 13. The van der Waals surface area contributed by atoms with E-state index >= 15 is 0 Å². The van der Waals surface area contributed by atoms with Gasteiger partial charge in [-0.05, 0) is 57.0 Å². The van der Waals surface area contributed by atoms with Crippen molar-refractivity contribution in [2.45, 2.75) is 53.1 Å². The Hall–Kier alpha value is -3.07. The van der Waals surface area contributed by atoms with Gasteiger partial charge in [0.05, 0.1) is 18.6 Å². The molecule has 192 valence electrons. The van der Waals surface area contributed by atoms with Gasteiger partial charge >= 0.3 is 0 Å². The van der Waals surface area contributed by atoms with Crippen molar-refractivity contribution >= 4 is 27.5 Å². The Labute approximate surface area is 209 Å². The van der Waals surface area contributed by atoms with Gasteiger partial charge in [-0.3, -0.25) is 13.9 Å². The number of anilines is 1. The highest BCUT2D eigenvalue weighted by atomic mass is 32.2. The molecule has 2 aromatic rings. The first kappa shape index (κ1) is 28.2. The standard InChI is InChI=1S/C26H37N3O5S/c1-6-8-16-27-26(31)21(4)28(18-22-11-9-10-20(3)17-22)25(30)19-29(35(5,32)33)23-12-14-24(15-13-23)34-7-2/h9-15,17,21H,6-8,16,18-19H2,1-5H3,(H,27,31)/t21-/m1/s1. The minimum atomic E-state index is -3.77. The molecule has 1 atom stereocenters. The Bertz CT molecular complexity index is 1090. The average molecular weight is 504 g/mol. The van der Waals surface area contributed by atoms with Crippen molar-refractivity contribution in [3.63, 3.8) is 0 Å². The zero-order chi connectivity index (χ0) is 26.0. The minimum absolute atomic E-state index is 0.184. The molecular formula is C26H37N3O5S. The molecule has 0 saturated heterocycles. The summed E-state index contributed by atoms with van der Waals surface area (Å²) in [4.78, 5) is 27.8. The van der Waals surface area contributed by atoms with Crippen LogP contribution in [0.4, 0.5) is 5.69 Å². The number of hydrogen-bond donors (Lipinski definition) is 1. The lowest BCUT2D eigenvalue weighted by atomic mass is 10.1. The molecule has 2 amide bonds. The number of amides is 2. The van der Waals surface area contributed by atoms with Gasteiger partial charge in [0.2, 0.25) is 21.8 Å². The van der Waals surface area contributed by atoms with Gasteiger partial charge in [-0.25, -0.2) is 8.42 Å². The summed E-state index contributed by atoms with van der Waals surface area (Å²) in [6.45, 7) is 8.27. The number of nitrogens with zero attached hydrogens (tertiary/aromatic N) is 2. The van der Waals surface area contributed by atoms with Crippen LogP contribution in [-0.4, -0.2) is 57.1 Å². The molecule has 0 fully saturated rings. The highest BCUT2D eigenvalue weighted by Gasteiger charge is 2.30. The van der Waals surface area contributed by atoms with Crippen LogP contribution < -0.4 is 14.4 Å². The summed E-state index contributed by atoms with van der Waals surface area (Å²) in [6.07, 6.45) is 2.83. The lowest BCUT2D eigenvalue weighted by Crippen LogP contribution is -2.51. The molecule has 0 saturated carbocycles. The van der Waals surface area contributed by atoms with Crippen LogP contribution in [-0.2, 0) is 26.2 Å². The predicted octanol–water partition coefficient (Wildman–Crippen LogP) is 3.49. The Kier molecular flexibility index (Phi) is 10.6. The van der Waals surface area contributed by atoms with E-state index in [2.05, 4.69) is 5.32 Å². The van der Waals surface area contributed by atoms with Crippen LogP contribution in [0, 0.1) is 6.92 Å². The fourth-order valence-electron chi connectivity index (χ4n) is 3.61. The molecule has 0 aliphatic heterocycles. The van der Waals surface area contributed by atoms with Gasteiger partial charge in [0, 0.05) is 13.1 Å². The SMILES string of the molecule is CCCCNC(=O)[C@@H](C)N(Cc1cccc(C)c1)C(=O)CN(c1ccc(OCC)cc1)S(C)(=O)=O. The predicted molar refractivity (Wildman–Crippen MR) is 139 cm³/mol. The van der Waals surface area contributed by atoms with Gasteiger partial charge < -0.3 is 15.0 Å². The largest absolute Gasteiger partial charge is 0.494 e. The number of unbranched alkanes of at least 4 members (excludes halogenated alkanes) is 1. The van der Waals surface area contributed by atoms with E-state index in [0.717, 1.165) is 34.5 Å². The van der Waals surface area contributed by atoms with E-state index < -0.39 is 28.5 Å². The molecule has 0 aliphatic carbocycles. The van der Waals surface area contributed by atoms with E-state index in [1.807, 2.05) is 45.0 Å². The van der Waals surface area contributed by atoms with Crippen LogP contribution >= 0.6 is 0 Å². The molecule has 0 heterocycles. The van der Waals surface area contributed by atoms with Crippen LogP contribution in [0.2, 0.25) is 0 Å². The van der Waals surface area contributed by atoms with E-state index in [1.165, 1.54) is 4.90 Å². The molecule has 0 radical (unpaired) electrons. The van der Waals surface area contributed by atoms with E-state index in [0.29, 0.717) is 24.6 Å². The summed E-state index contributed by atoms with van der Waals surface area (Å²) in [6, 6.07) is 13.4. The smallest absolute Gasteiger partial charge is 0.244 e. The van der Waals surface area contributed by atoms with Crippen molar-refractivity contribution in [2.24, 2.45) is 0 Å². The summed E-state index contributed by atoms with van der Waals surface area (Å²) in [5, 5.41) is 2.87. The first-order valence-corrected chi connectivity index (χ1v) is 13.7. The van der Waals surface area contributed by atoms with E-state index in [4.69, 9.17) is 4.74 Å². The fourth-order valence-corrected chi connectivity index (χ4v) is 4.46. The van der Waals surface area contributed by atoms with Gasteiger partial charge in [0.25, 0.3) is 0 Å². The maximum Gasteiger partial charge on any atom is 0.244 e. The molecule has 35 heavy (non-hydrogen) atoms. The number of aryl methyl sites for hydroxylation is 1. The molecule has 8 nitrogen and oxygen atoms in total. The number of benzene rings is 2.